The van der Waals surface area contributed by atoms with Crippen LogP contribution in [0.4, 0.5) is 0 Å². The van der Waals surface area contributed by atoms with E-state index in [-0.39, 0.29) is 0 Å². The van der Waals surface area contributed by atoms with Crippen LogP contribution in [0.15, 0.2) is 23.2 Å². The van der Waals surface area contributed by atoms with Crippen molar-refractivity contribution in [3.05, 3.63) is 34.9 Å². The molecule has 25 heavy (non-hydrogen) atoms. The molecule has 1 aromatic carbocycles. The van der Waals surface area contributed by atoms with Crippen molar-refractivity contribution in [1.29, 1.82) is 0 Å². The molecular weight excluding hydrogens is 330 g/mol. The van der Waals surface area contributed by atoms with Crippen molar-refractivity contribution in [3.8, 4) is 0 Å². The fourth-order valence-electron chi connectivity index (χ4n) is 3.58. The molecule has 2 N–H and O–H groups in total. The smallest absolute Gasteiger partial charge is 0.191 e. The predicted molar refractivity (Wildman–Crippen MR) is 109 cm³/mol. The number of nitrogens with zero attached hydrogens (tertiary/aromatic N) is 1. The summed E-state index contributed by atoms with van der Waals surface area (Å²) in [5.41, 5.74) is 4.04. The predicted octanol–water partition coefficient (Wildman–Crippen LogP) is 3.09. The van der Waals surface area contributed by atoms with Gasteiger partial charge in [-0.3, -0.25) is 9.20 Å². The van der Waals surface area contributed by atoms with Gasteiger partial charge in [0.2, 0.25) is 0 Å². The highest BCUT2D eigenvalue weighted by atomic mass is 32.2. The maximum absolute atomic E-state index is 12.1. The molecule has 4 nitrogen and oxygen atoms in total. The number of hydrogen-bond donors (Lipinski definition) is 2. The third-order valence-corrected chi connectivity index (χ3v) is 6.77. The quantitative estimate of drug-likeness (QED) is 0.603. The maximum atomic E-state index is 12.1. The summed E-state index contributed by atoms with van der Waals surface area (Å²) in [4.78, 5) is 4.36. The van der Waals surface area contributed by atoms with Gasteiger partial charge in [0.25, 0.3) is 0 Å². The van der Waals surface area contributed by atoms with E-state index in [0.29, 0.717) is 11.3 Å². The van der Waals surface area contributed by atoms with Crippen LogP contribution in [-0.4, -0.2) is 40.8 Å². The van der Waals surface area contributed by atoms with Gasteiger partial charge in [0, 0.05) is 41.4 Å². The molecule has 5 heteroatoms. The summed E-state index contributed by atoms with van der Waals surface area (Å²) in [5, 5.41) is 7.29. The van der Waals surface area contributed by atoms with Crippen molar-refractivity contribution in [1.82, 2.24) is 10.6 Å². The van der Waals surface area contributed by atoms with Crippen molar-refractivity contribution in [2.75, 3.05) is 19.3 Å². The first-order valence-electron chi connectivity index (χ1n) is 9.44. The van der Waals surface area contributed by atoms with E-state index in [1.54, 1.807) is 0 Å². The Balaban J connectivity index is 1.81. The van der Waals surface area contributed by atoms with Crippen LogP contribution in [0.2, 0.25) is 0 Å². The second-order valence-corrected chi connectivity index (χ2v) is 8.98. The molecule has 0 aromatic heterocycles. The van der Waals surface area contributed by atoms with E-state index >= 15 is 0 Å². The second-order valence-electron chi connectivity index (χ2n) is 6.98. The average Bonchev–Trinajstić information content (AvgIpc) is 2.62. The number of aliphatic imine (C=N–C) groups is 1. The van der Waals surface area contributed by atoms with Crippen LogP contribution in [-0.2, 0) is 17.2 Å². The van der Waals surface area contributed by atoms with Crippen molar-refractivity contribution in [3.63, 3.8) is 0 Å². The van der Waals surface area contributed by atoms with Gasteiger partial charge in [-0.2, -0.15) is 0 Å². The Hall–Kier alpha value is -1.36. The van der Waals surface area contributed by atoms with Gasteiger partial charge in [0.1, 0.15) is 0 Å². The third kappa shape index (κ3) is 6.14. The van der Waals surface area contributed by atoms with Gasteiger partial charge in [0.05, 0.1) is 0 Å². The summed E-state index contributed by atoms with van der Waals surface area (Å²) < 4.78 is 12.1. The Kier molecular flexibility index (Phi) is 7.94. The molecule has 1 fully saturated rings. The van der Waals surface area contributed by atoms with Crippen LogP contribution in [0, 0.1) is 13.8 Å². The van der Waals surface area contributed by atoms with Gasteiger partial charge in [-0.25, -0.2) is 0 Å². The Morgan fingerprint density at radius 3 is 2.80 bits per heavy atom. The van der Waals surface area contributed by atoms with Crippen molar-refractivity contribution in [2.24, 2.45) is 4.99 Å². The summed E-state index contributed by atoms with van der Waals surface area (Å²) in [6.07, 6.45) is 5.35. The molecule has 1 aliphatic rings. The molecule has 0 heterocycles. The van der Waals surface area contributed by atoms with Crippen LogP contribution >= 0.6 is 0 Å². The standard InChI is InChI=1S/C20H33N3OS/c1-5-25(24)19-8-6-7-18(14-19)23-20(21-4)22-12-11-17-10-9-15(2)13-16(17)3/h9-10,13,18-19H,5-8,11-12,14H2,1-4H3,(H2,21,22,23). The minimum atomic E-state index is -0.686. The van der Waals surface area contributed by atoms with Crippen LogP contribution in [0.3, 0.4) is 0 Å². The van der Waals surface area contributed by atoms with Gasteiger partial charge in [0.15, 0.2) is 5.96 Å². The topological polar surface area (TPSA) is 53.5 Å². The fraction of sp³-hybridized carbons (Fsp3) is 0.650. The highest BCUT2D eigenvalue weighted by Gasteiger charge is 2.25. The molecule has 1 saturated carbocycles. The maximum Gasteiger partial charge on any atom is 0.191 e. The first kappa shape index (κ1) is 20.0. The summed E-state index contributed by atoms with van der Waals surface area (Å²) in [5.74, 6) is 1.62. The number of aryl methyl sites for hydroxylation is 2. The van der Waals surface area contributed by atoms with E-state index in [2.05, 4.69) is 47.7 Å². The van der Waals surface area contributed by atoms with Gasteiger partial charge in [-0.05, 0) is 50.7 Å². The number of benzene rings is 1. The van der Waals surface area contributed by atoms with E-state index in [9.17, 15) is 4.21 Å². The summed E-state index contributed by atoms with van der Waals surface area (Å²) >= 11 is 0. The van der Waals surface area contributed by atoms with Gasteiger partial charge in [-0.1, -0.05) is 37.1 Å². The second kappa shape index (κ2) is 9.95. The van der Waals surface area contributed by atoms with Crippen LogP contribution in [0.1, 0.15) is 49.3 Å². The lowest BCUT2D eigenvalue weighted by Gasteiger charge is -2.30. The Morgan fingerprint density at radius 1 is 1.32 bits per heavy atom. The lowest BCUT2D eigenvalue weighted by atomic mass is 9.95. The van der Waals surface area contributed by atoms with E-state index in [1.807, 2.05) is 14.0 Å². The van der Waals surface area contributed by atoms with Gasteiger partial charge in [-0.15, -0.1) is 0 Å². The molecule has 3 atom stereocenters. The van der Waals surface area contributed by atoms with E-state index in [1.165, 1.54) is 16.7 Å². The van der Waals surface area contributed by atoms with E-state index in [4.69, 9.17) is 0 Å². The van der Waals surface area contributed by atoms with Gasteiger partial charge >= 0.3 is 0 Å². The lowest BCUT2D eigenvalue weighted by Crippen LogP contribution is -2.47. The Labute approximate surface area is 155 Å². The molecule has 0 radical (unpaired) electrons. The molecule has 2 rings (SSSR count). The number of guanidine groups is 1. The highest BCUT2D eigenvalue weighted by molar-refractivity contribution is 7.85. The number of rotatable bonds is 6. The summed E-state index contributed by atoms with van der Waals surface area (Å²) in [6.45, 7) is 7.18. The first-order chi connectivity index (χ1) is 12.0. The summed E-state index contributed by atoms with van der Waals surface area (Å²) in [7, 11) is 1.13. The molecule has 3 unspecified atom stereocenters. The van der Waals surface area contributed by atoms with Crippen molar-refractivity contribution in [2.45, 2.75) is 64.2 Å². The monoisotopic (exact) mass is 363 g/mol. The van der Waals surface area contributed by atoms with Gasteiger partial charge < -0.3 is 10.6 Å². The molecule has 1 aliphatic carbocycles. The molecule has 0 amide bonds. The zero-order valence-electron chi connectivity index (χ0n) is 16.1. The fourth-order valence-corrected chi connectivity index (χ4v) is 4.93. The van der Waals surface area contributed by atoms with Crippen LogP contribution < -0.4 is 10.6 Å². The molecular formula is C20H33N3OS. The minimum absolute atomic E-state index is 0.338. The van der Waals surface area contributed by atoms with Crippen LogP contribution in [0.5, 0.6) is 0 Å². The average molecular weight is 364 g/mol. The SMILES string of the molecule is CCS(=O)C1CCCC(NC(=NC)NCCc2ccc(C)cc2C)C1. The Bertz CT molecular complexity index is 615. The zero-order valence-corrected chi connectivity index (χ0v) is 16.9. The minimum Gasteiger partial charge on any atom is -0.356 e. The molecule has 0 spiro atoms. The number of hydrogen-bond acceptors (Lipinski definition) is 2. The van der Waals surface area contributed by atoms with E-state index in [0.717, 1.165) is 50.4 Å². The molecule has 0 bridgehead atoms. The van der Waals surface area contributed by atoms with Crippen molar-refractivity contribution < 1.29 is 4.21 Å². The third-order valence-electron chi connectivity index (χ3n) is 5.03. The largest absolute Gasteiger partial charge is 0.356 e. The normalized spacial score (nSPS) is 22.5. The Morgan fingerprint density at radius 2 is 2.12 bits per heavy atom. The van der Waals surface area contributed by atoms with Crippen molar-refractivity contribution >= 4 is 16.8 Å². The van der Waals surface area contributed by atoms with E-state index < -0.39 is 10.8 Å². The van der Waals surface area contributed by atoms with Crippen LogP contribution in [0.25, 0.3) is 0 Å². The number of nitrogens with one attached hydrogen (secondary N) is 2. The molecule has 140 valence electrons. The highest BCUT2D eigenvalue weighted by Crippen LogP contribution is 2.23. The summed E-state index contributed by atoms with van der Waals surface area (Å²) in [6, 6.07) is 7.00. The molecule has 0 saturated heterocycles. The molecule has 1 aromatic rings. The molecule has 0 aliphatic heterocycles. The lowest BCUT2D eigenvalue weighted by molar-refractivity contribution is 0.413. The zero-order chi connectivity index (χ0) is 18.2. The first-order valence-corrected chi connectivity index (χ1v) is 10.8.